The maximum atomic E-state index is 12.4. The Labute approximate surface area is 203 Å². The molecule has 3 aliphatic rings. The van der Waals surface area contributed by atoms with Crippen LogP contribution in [0.2, 0.25) is 5.02 Å². The minimum absolute atomic E-state index is 0.0997. The van der Waals surface area contributed by atoms with Crippen molar-refractivity contribution in [1.82, 2.24) is 19.5 Å². The van der Waals surface area contributed by atoms with Crippen molar-refractivity contribution < 1.29 is 0 Å². The van der Waals surface area contributed by atoms with Gasteiger partial charge in [0.2, 0.25) is 17.8 Å². The van der Waals surface area contributed by atoms with Gasteiger partial charge in [-0.05, 0) is 61.9 Å². The number of fused-ring (bicyclic) bond motifs is 4. The second-order valence-electron chi connectivity index (χ2n) is 9.54. The number of nitrogens with one attached hydrogen (secondary N) is 1. The second kappa shape index (κ2) is 8.91. The van der Waals surface area contributed by atoms with Crippen LogP contribution in [-0.2, 0) is 6.54 Å². The van der Waals surface area contributed by atoms with Gasteiger partial charge in [0.15, 0.2) is 0 Å². The van der Waals surface area contributed by atoms with Crippen LogP contribution in [0.5, 0.6) is 0 Å². The van der Waals surface area contributed by atoms with E-state index in [0.29, 0.717) is 28.8 Å². The highest BCUT2D eigenvalue weighted by molar-refractivity contribution is 6.30. The topological polar surface area (TPSA) is 79.2 Å². The summed E-state index contributed by atoms with van der Waals surface area (Å²) in [4.78, 5) is 31.5. The van der Waals surface area contributed by atoms with E-state index in [1.54, 1.807) is 6.07 Å². The number of aromatic nitrogens is 4. The van der Waals surface area contributed by atoms with Gasteiger partial charge in [-0.1, -0.05) is 17.7 Å². The van der Waals surface area contributed by atoms with E-state index >= 15 is 0 Å². The second-order valence-corrected chi connectivity index (χ2v) is 9.98. The zero-order chi connectivity index (χ0) is 23.1. The molecule has 2 aromatic heterocycles. The molecule has 34 heavy (non-hydrogen) atoms. The summed E-state index contributed by atoms with van der Waals surface area (Å²) in [5.41, 5.74) is 2.11. The van der Waals surface area contributed by atoms with Gasteiger partial charge in [0, 0.05) is 61.1 Å². The van der Waals surface area contributed by atoms with Gasteiger partial charge in [0.05, 0.1) is 0 Å². The molecular formula is C25H28ClN7O. The molecule has 0 amide bonds. The molecule has 1 N–H and O–H groups in total. The van der Waals surface area contributed by atoms with Gasteiger partial charge in [-0.25, -0.2) is 0 Å². The first-order valence-electron chi connectivity index (χ1n) is 12.1. The average Bonchev–Trinajstić information content (AvgIpc) is 2.86. The first-order valence-corrected chi connectivity index (χ1v) is 12.5. The molecule has 2 fully saturated rings. The monoisotopic (exact) mass is 477 g/mol. The molecule has 2 bridgehead atoms. The highest BCUT2D eigenvalue weighted by Gasteiger charge is 2.36. The number of pyridine rings is 1. The number of rotatable bonds is 4. The largest absolute Gasteiger partial charge is 0.341 e. The van der Waals surface area contributed by atoms with Gasteiger partial charge in [-0.15, -0.1) is 0 Å². The maximum absolute atomic E-state index is 12.4. The standard InChI is InChI=1S/C25H28ClN7O/c26-19-7-9-20(10-8-19)27-23-28-24(31-11-2-1-3-12-31)30-25(29-23)32-14-17-13-18(16-32)21-5-4-6-22(34)33(21)15-17/h4-10,17-18H,1-3,11-16H2,(H,27,28,29,30)/t17-,18+/m0/s1. The fourth-order valence-corrected chi connectivity index (χ4v) is 5.63. The number of halogens is 1. The lowest BCUT2D eigenvalue weighted by atomic mass is 9.83. The molecule has 2 atom stereocenters. The summed E-state index contributed by atoms with van der Waals surface area (Å²) < 4.78 is 1.95. The van der Waals surface area contributed by atoms with Gasteiger partial charge in [-0.2, -0.15) is 15.0 Å². The summed E-state index contributed by atoms with van der Waals surface area (Å²) in [6, 6.07) is 13.2. The molecule has 0 radical (unpaired) electrons. The summed E-state index contributed by atoms with van der Waals surface area (Å²) >= 11 is 6.06. The molecule has 2 saturated heterocycles. The first kappa shape index (κ1) is 21.4. The quantitative estimate of drug-likeness (QED) is 0.607. The Kier molecular flexibility index (Phi) is 5.61. The predicted molar refractivity (Wildman–Crippen MR) is 134 cm³/mol. The minimum atomic E-state index is 0.0997. The van der Waals surface area contributed by atoms with E-state index in [4.69, 9.17) is 26.6 Å². The number of benzene rings is 1. The first-order chi connectivity index (χ1) is 16.6. The molecule has 0 saturated carbocycles. The Morgan fingerprint density at radius 3 is 2.41 bits per heavy atom. The SMILES string of the molecule is O=c1cccc2n1C[C@H]1C[C@@H]2CN(c2nc(Nc3ccc(Cl)cc3)nc(N3CCCCC3)n2)C1. The molecule has 6 rings (SSSR count). The van der Waals surface area contributed by atoms with Gasteiger partial charge in [0.25, 0.3) is 5.56 Å². The van der Waals surface area contributed by atoms with Crippen LogP contribution >= 0.6 is 11.6 Å². The lowest BCUT2D eigenvalue weighted by Crippen LogP contribution is -2.47. The van der Waals surface area contributed by atoms with Crippen LogP contribution in [0.4, 0.5) is 23.5 Å². The average molecular weight is 478 g/mol. The van der Waals surface area contributed by atoms with Crippen LogP contribution in [0.25, 0.3) is 0 Å². The van der Waals surface area contributed by atoms with E-state index in [2.05, 4.69) is 21.2 Å². The van der Waals surface area contributed by atoms with Crippen molar-refractivity contribution in [3.05, 3.63) is 63.5 Å². The molecule has 3 aliphatic heterocycles. The van der Waals surface area contributed by atoms with E-state index in [-0.39, 0.29) is 5.56 Å². The van der Waals surface area contributed by atoms with Gasteiger partial charge in [-0.3, -0.25) is 4.79 Å². The van der Waals surface area contributed by atoms with Crippen LogP contribution < -0.4 is 20.7 Å². The van der Waals surface area contributed by atoms with Crippen molar-refractivity contribution in [2.45, 2.75) is 38.1 Å². The normalized spacial score (nSPS) is 21.8. The molecule has 176 valence electrons. The van der Waals surface area contributed by atoms with Crippen LogP contribution in [0.1, 0.15) is 37.3 Å². The molecule has 1 aromatic carbocycles. The summed E-state index contributed by atoms with van der Waals surface area (Å²) in [6.07, 6.45) is 4.65. The Bertz CT molecular complexity index is 1240. The number of anilines is 4. The van der Waals surface area contributed by atoms with Gasteiger partial charge in [0.1, 0.15) is 0 Å². The van der Waals surface area contributed by atoms with E-state index in [1.165, 1.54) is 6.42 Å². The fraction of sp³-hybridized carbons (Fsp3) is 0.440. The van der Waals surface area contributed by atoms with E-state index in [9.17, 15) is 4.79 Å². The maximum Gasteiger partial charge on any atom is 0.250 e. The highest BCUT2D eigenvalue weighted by atomic mass is 35.5. The third kappa shape index (κ3) is 4.22. The summed E-state index contributed by atoms with van der Waals surface area (Å²) in [6.45, 7) is 4.31. The lowest BCUT2D eigenvalue weighted by molar-refractivity contribution is 0.279. The van der Waals surface area contributed by atoms with Crippen molar-refractivity contribution in [1.29, 1.82) is 0 Å². The molecule has 3 aromatic rings. The molecular weight excluding hydrogens is 450 g/mol. The highest BCUT2D eigenvalue weighted by Crippen LogP contribution is 2.36. The van der Waals surface area contributed by atoms with Crippen LogP contribution in [-0.4, -0.2) is 45.7 Å². The van der Waals surface area contributed by atoms with Crippen molar-refractivity contribution in [2.75, 3.05) is 41.3 Å². The Morgan fingerprint density at radius 1 is 0.853 bits per heavy atom. The van der Waals surface area contributed by atoms with Crippen molar-refractivity contribution in [2.24, 2.45) is 5.92 Å². The molecule has 8 nitrogen and oxygen atoms in total. The number of nitrogens with zero attached hydrogens (tertiary/aromatic N) is 6. The van der Waals surface area contributed by atoms with E-state index in [1.807, 2.05) is 34.9 Å². The molecule has 9 heteroatoms. The fourth-order valence-electron chi connectivity index (χ4n) is 5.51. The minimum Gasteiger partial charge on any atom is -0.341 e. The van der Waals surface area contributed by atoms with Gasteiger partial charge >= 0.3 is 0 Å². The van der Waals surface area contributed by atoms with E-state index in [0.717, 1.165) is 69.3 Å². The zero-order valence-electron chi connectivity index (χ0n) is 19.0. The zero-order valence-corrected chi connectivity index (χ0v) is 19.8. The summed E-state index contributed by atoms with van der Waals surface area (Å²) in [7, 11) is 0. The number of hydrogen-bond donors (Lipinski definition) is 1. The van der Waals surface area contributed by atoms with Crippen molar-refractivity contribution in [3.8, 4) is 0 Å². The Balaban J connectivity index is 1.33. The van der Waals surface area contributed by atoms with E-state index < -0.39 is 0 Å². The predicted octanol–water partition coefficient (Wildman–Crippen LogP) is 4.04. The number of piperidine rings is 2. The third-order valence-corrected chi connectivity index (χ3v) is 7.37. The summed E-state index contributed by atoms with van der Waals surface area (Å²) in [5, 5.41) is 4.03. The molecule has 5 heterocycles. The van der Waals surface area contributed by atoms with Crippen LogP contribution in [0.3, 0.4) is 0 Å². The van der Waals surface area contributed by atoms with Crippen LogP contribution in [0, 0.1) is 5.92 Å². The molecule has 0 spiro atoms. The molecule has 0 unspecified atom stereocenters. The third-order valence-electron chi connectivity index (χ3n) is 7.11. The Hall–Kier alpha value is -3.13. The van der Waals surface area contributed by atoms with Crippen molar-refractivity contribution >= 4 is 35.1 Å². The molecule has 0 aliphatic carbocycles. The van der Waals surface area contributed by atoms with Crippen LogP contribution in [0.15, 0.2) is 47.3 Å². The smallest absolute Gasteiger partial charge is 0.250 e. The number of hydrogen-bond acceptors (Lipinski definition) is 7. The Morgan fingerprint density at radius 2 is 1.62 bits per heavy atom. The van der Waals surface area contributed by atoms with Crippen molar-refractivity contribution in [3.63, 3.8) is 0 Å². The summed E-state index contributed by atoms with van der Waals surface area (Å²) in [5.74, 6) is 2.67. The van der Waals surface area contributed by atoms with Gasteiger partial charge < -0.3 is 19.7 Å². The lowest BCUT2D eigenvalue weighted by Gasteiger charge is -2.42.